The van der Waals surface area contributed by atoms with Crippen molar-refractivity contribution >= 4 is 18.0 Å². The molecule has 0 saturated carbocycles. The third kappa shape index (κ3) is 18.2. The molecule has 0 saturated heterocycles. The second kappa shape index (κ2) is 23.5. The van der Waals surface area contributed by atoms with Crippen LogP contribution in [-0.4, -0.2) is 8.07 Å². The Morgan fingerprint density at radius 1 is 0.464 bits per heavy atom. The molecule has 0 N–H and O–H groups in total. The molecule has 0 aliphatic carbocycles. The van der Waals surface area contributed by atoms with Crippen molar-refractivity contribution in [3.63, 3.8) is 0 Å². The molecule has 0 amide bonds. The molecule has 0 heterocycles. The van der Waals surface area contributed by atoms with E-state index < -0.39 is 8.07 Å². The van der Waals surface area contributed by atoms with Gasteiger partial charge in [0.15, 0.2) is 0 Å². The number of terminal acetylenes is 1. The van der Waals surface area contributed by atoms with E-state index in [1.54, 1.807) is 0 Å². The molecule has 28 heavy (non-hydrogen) atoms. The number of hydrogen-bond donors (Lipinski definition) is 0. The van der Waals surface area contributed by atoms with Crippen molar-refractivity contribution in [2.75, 3.05) is 0 Å². The van der Waals surface area contributed by atoms with E-state index in [9.17, 15) is 0 Å². The second-order valence-electron chi connectivity index (χ2n) is 8.98. The molecule has 0 aromatic carbocycles. The molecule has 1 unspecified atom stereocenters. The van der Waals surface area contributed by atoms with E-state index in [2.05, 4.69) is 26.3 Å². The molecule has 0 nitrogen and oxygen atoms in total. The molecule has 0 radical (unpaired) electrons. The predicted molar refractivity (Wildman–Crippen MR) is 140 cm³/mol. The molecule has 0 rings (SSSR count). The first-order valence-corrected chi connectivity index (χ1v) is 15.3. The largest absolute Gasteiger partial charge is 0.153 e. The lowest BCUT2D eigenvalue weighted by Crippen LogP contribution is -2.32. The maximum absolute atomic E-state index is 6.21. The lowest BCUT2D eigenvalue weighted by Gasteiger charge is -2.26. The minimum absolute atomic E-state index is 0. The van der Waals surface area contributed by atoms with Crippen LogP contribution in [0.25, 0.3) is 0 Å². The van der Waals surface area contributed by atoms with Gasteiger partial charge in [-0.2, -0.15) is 9.90 Å². The third-order valence-electron chi connectivity index (χ3n) is 6.33. The maximum atomic E-state index is 6.21. The fraction of sp³-hybridized carbons (Fsp3) is 0.923. The van der Waals surface area contributed by atoms with Crippen molar-refractivity contribution in [2.24, 2.45) is 0 Å². The highest BCUT2D eigenvalue weighted by atomic mass is 31.0. The van der Waals surface area contributed by atoms with E-state index in [4.69, 9.17) is 6.42 Å². The minimum Gasteiger partial charge on any atom is -0.153 e. The molecule has 0 aromatic rings. The van der Waals surface area contributed by atoms with Gasteiger partial charge >= 0.3 is 0 Å². The summed E-state index contributed by atoms with van der Waals surface area (Å²) in [4.78, 5) is 0. The first-order chi connectivity index (χ1) is 13.2. The fourth-order valence-electron chi connectivity index (χ4n) is 4.32. The summed E-state index contributed by atoms with van der Waals surface area (Å²) in [6, 6.07) is 4.25. The van der Waals surface area contributed by atoms with Crippen molar-refractivity contribution in [3.8, 4) is 12.0 Å². The summed E-state index contributed by atoms with van der Waals surface area (Å²) in [5, 5.41) is 0. The highest BCUT2D eigenvalue weighted by molar-refractivity contribution is 6.92. The molecule has 0 aliphatic heterocycles. The maximum Gasteiger partial charge on any atom is 0.138 e. The molecule has 2 heteroatoms. The van der Waals surface area contributed by atoms with Gasteiger partial charge in [-0.3, -0.25) is 0 Å². The fourth-order valence-corrected chi connectivity index (χ4v) is 8.29. The minimum atomic E-state index is -1.45. The first kappa shape index (κ1) is 30.4. The van der Waals surface area contributed by atoms with Crippen molar-refractivity contribution in [2.45, 2.75) is 154 Å². The Morgan fingerprint density at radius 2 is 0.714 bits per heavy atom. The Kier molecular flexibility index (Phi) is 25.5. The van der Waals surface area contributed by atoms with Crippen LogP contribution < -0.4 is 0 Å². The summed E-state index contributed by atoms with van der Waals surface area (Å²) in [6.07, 6.45) is 31.5. The summed E-state index contributed by atoms with van der Waals surface area (Å²) in [7, 11) is -1.45. The molecule has 0 aromatic heterocycles. The third-order valence-corrected chi connectivity index (χ3v) is 10.9. The second-order valence-corrected chi connectivity index (χ2v) is 13.3. The van der Waals surface area contributed by atoms with Gasteiger partial charge in [0, 0.05) is 0 Å². The van der Waals surface area contributed by atoms with Gasteiger partial charge in [0.25, 0.3) is 0 Å². The normalized spacial score (nSPS) is 11.2. The van der Waals surface area contributed by atoms with Crippen LogP contribution in [0.5, 0.6) is 0 Å². The Labute approximate surface area is 184 Å². The molecule has 0 spiro atoms. The van der Waals surface area contributed by atoms with Crippen molar-refractivity contribution < 1.29 is 0 Å². The SMILES string of the molecule is C#C[Si](CCCCCCCC)(CCCCCCCC)CCCCCCCC.P. The van der Waals surface area contributed by atoms with Crippen molar-refractivity contribution in [1.29, 1.82) is 0 Å². The smallest absolute Gasteiger partial charge is 0.138 e. The summed E-state index contributed by atoms with van der Waals surface area (Å²) < 4.78 is 0. The molecule has 168 valence electrons. The lowest BCUT2D eigenvalue weighted by molar-refractivity contribution is 0.608. The number of rotatable bonds is 21. The Balaban J connectivity index is 0. The van der Waals surface area contributed by atoms with Gasteiger partial charge in [-0.05, 0) is 18.1 Å². The lowest BCUT2D eigenvalue weighted by atomic mass is 10.1. The van der Waals surface area contributed by atoms with Gasteiger partial charge in [0.2, 0.25) is 0 Å². The van der Waals surface area contributed by atoms with Crippen LogP contribution in [0.15, 0.2) is 0 Å². The Morgan fingerprint density at radius 3 is 0.964 bits per heavy atom. The van der Waals surface area contributed by atoms with Gasteiger partial charge in [0.05, 0.1) is 0 Å². The van der Waals surface area contributed by atoms with Gasteiger partial charge < -0.3 is 0 Å². The van der Waals surface area contributed by atoms with Crippen LogP contribution >= 0.6 is 9.90 Å². The van der Waals surface area contributed by atoms with E-state index >= 15 is 0 Å². The molecule has 1 atom stereocenters. The van der Waals surface area contributed by atoms with Crippen LogP contribution in [0.2, 0.25) is 18.1 Å². The topological polar surface area (TPSA) is 0 Å². The van der Waals surface area contributed by atoms with Crippen LogP contribution in [-0.2, 0) is 0 Å². The van der Waals surface area contributed by atoms with Gasteiger partial charge in [-0.1, -0.05) is 136 Å². The molecule has 0 aliphatic rings. The molecular weight excluding hydrogens is 371 g/mol. The predicted octanol–water partition coefficient (Wildman–Crippen LogP) is 9.75. The summed E-state index contributed by atoms with van der Waals surface area (Å²) in [6.45, 7) is 6.91. The van der Waals surface area contributed by atoms with Crippen molar-refractivity contribution in [1.82, 2.24) is 0 Å². The average molecular weight is 427 g/mol. The Hall–Kier alpha value is 0.207. The van der Waals surface area contributed by atoms with Crippen LogP contribution in [0.4, 0.5) is 0 Å². The molecule has 0 fully saturated rings. The quantitative estimate of drug-likeness (QED) is 0.0741. The number of hydrogen-bond acceptors (Lipinski definition) is 0. The zero-order valence-electron chi connectivity index (χ0n) is 20.1. The Bertz CT molecular complexity index is 293. The van der Waals surface area contributed by atoms with E-state index in [0.717, 1.165) is 0 Å². The van der Waals surface area contributed by atoms with E-state index in [1.807, 2.05) is 0 Å². The standard InChI is InChI=1S/C26H52Si.H3P/c1-5-9-12-15-18-21-24-27(8-4,25-22-19-16-13-10-6-2)26-23-20-17-14-11-7-3;/h4H,5-7,9-26H2,1-3H3;1H3. The number of unbranched alkanes of at least 4 members (excludes halogenated alkanes) is 15. The zero-order chi connectivity index (χ0) is 20.1. The van der Waals surface area contributed by atoms with E-state index in [0.29, 0.717) is 0 Å². The highest BCUT2D eigenvalue weighted by Gasteiger charge is 2.29. The monoisotopic (exact) mass is 426 g/mol. The zero-order valence-corrected chi connectivity index (χ0v) is 22.5. The van der Waals surface area contributed by atoms with Crippen molar-refractivity contribution in [3.05, 3.63) is 0 Å². The average Bonchev–Trinajstić information content (AvgIpc) is 2.69. The van der Waals surface area contributed by atoms with E-state index in [1.165, 1.54) is 134 Å². The first-order valence-electron chi connectivity index (χ1n) is 12.7. The summed E-state index contributed by atoms with van der Waals surface area (Å²) in [5.41, 5.74) is 3.46. The molecule has 0 bridgehead atoms. The van der Waals surface area contributed by atoms with Crippen LogP contribution in [0.3, 0.4) is 0 Å². The highest BCUT2D eigenvalue weighted by Crippen LogP contribution is 2.29. The summed E-state index contributed by atoms with van der Waals surface area (Å²) >= 11 is 0. The van der Waals surface area contributed by atoms with Crippen LogP contribution in [0, 0.1) is 12.0 Å². The van der Waals surface area contributed by atoms with Gasteiger partial charge in [-0.15, -0.1) is 12.0 Å². The van der Waals surface area contributed by atoms with Crippen LogP contribution in [0.1, 0.15) is 136 Å². The van der Waals surface area contributed by atoms with Gasteiger partial charge in [0.1, 0.15) is 8.07 Å². The summed E-state index contributed by atoms with van der Waals surface area (Å²) in [5.74, 6) is 0. The van der Waals surface area contributed by atoms with E-state index in [-0.39, 0.29) is 9.90 Å². The van der Waals surface area contributed by atoms with Gasteiger partial charge in [-0.25, -0.2) is 0 Å². The molecular formula is C26H55PSi.